The van der Waals surface area contributed by atoms with Gasteiger partial charge in [0.15, 0.2) is 0 Å². The molecule has 0 spiro atoms. The fourth-order valence-corrected chi connectivity index (χ4v) is 1.06. The molecule has 0 bridgehead atoms. The van der Waals surface area contributed by atoms with Crippen molar-refractivity contribution in [3.8, 4) is 5.75 Å². The predicted octanol–water partition coefficient (Wildman–Crippen LogP) is 0.0363. The second-order valence-corrected chi connectivity index (χ2v) is 3.44. The number of benzene rings is 1. The highest BCUT2D eigenvalue weighted by Gasteiger charge is 1.93. The fraction of sp³-hybridized carbons (Fsp3) is 0. The van der Waals surface area contributed by atoms with Gasteiger partial charge in [0, 0.05) is 15.3 Å². The second kappa shape index (κ2) is 2.41. The molecule has 1 aromatic carbocycles. The minimum absolute atomic E-state index is 0.314. The van der Waals surface area contributed by atoms with Crippen molar-refractivity contribution in [1.29, 1.82) is 0 Å². The van der Waals surface area contributed by atoms with Gasteiger partial charge in [-0.3, -0.25) is 0 Å². The van der Waals surface area contributed by atoms with Gasteiger partial charge in [-0.05, 0) is 17.3 Å². The van der Waals surface area contributed by atoms with E-state index in [1.807, 2.05) is 6.07 Å². The van der Waals surface area contributed by atoms with Crippen molar-refractivity contribution < 1.29 is 5.11 Å². The summed E-state index contributed by atoms with van der Waals surface area (Å²) in [5.41, 5.74) is 0. The molecule has 0 amide bonds. The SMILES string of the molecule is Oc1cc(Cl)ccc1[SiH3]. The van der Waals surface area contributed by atoms with E-state index in [-0.39, 0.29) is 0 Å². The standard InChI is InChI=1S/C6H7ClOSi/c7-4-1-2-6(9)5(8)3-4/h1-3,8H,9H3. The van der Waals surface area contributed by atoms with Crippen LogP contribution in [0.2, 0.25) is 5.02 Å². The molecular formula is C6H7ClOSi. The summed E-state index contributed by atoms with van der Waals surface area (Å²) < 4.78 is 0. The molecule has 0 heterocycles. The molecule has 0 unspecified atom stereocenters. The molecule has 3 heteroatoms. The van der Waals surface area contributed by atoms with Crippen LogP contribution in [-0.2, 0) is 0 Å². The van der Waals surface area contributed by atoms with Crippen molar-refractivity contribution >= 4 is 27.0 Å². The van der Waals surface area contributed by atoms with Crippen LogP contribution in [0, 0.1) is 0 Å². The Morgan fingerprint density at radius 2 is 2.11 bits per heavy atom. The molecule has 0 radical (unpaired) electrons. The largest absolute Gasteiger partial charge is 0.508 e. The predicted molar refractivity (Wildman–Crippen MR) is 42.7 cm³/mol. The zero-order valence-corrected chi connectivity index (χ0v) is 7.81. The van der Waals surface area contributed by atoms with E-state index in [0.717, 1.165) is 15.4 Å². The van der Waals surface area contributed by atoms with E-state index in [2.05, 4.69) is 0 Å². The van der Waals surface area contributed by atoms with Crippen molar-refractivity contribution in [2.75, 3.05) is 0 Å². The first-order valence-corrected chi connectivity index (χ1v) is 4.03. The van der Waals surface area contributed by atoms with Gasteiger partial charge < -0.3 is 5.11 Å². The average molecular weight is 159 g/mol. The zero-order chi connectivity index (χ0) is 6.85. The van der Waals surface area contributed by atoms with E-state index < -0.39 is 0 Å². The quantitative estimate of drug-likeness (QED) is 0.529. The Bertz CT molecular complexity index is 224. The Balaban J connectivity index is 3.17. The lowest BCUT2D eigenvalue weighted by molar-refractivity contribution is 0.479. The normalized spacial score (nSPS) is 9.89. The van der Waals surface area contributed by atoms with Crippen LogP contribution in [0.4, 0.5) is 0 Å². The molecule has 48 valence electrons. The van der Waals surface area contributed by atoms with E-state index in [9.17, 15) is 0 Å². The minimum atomic E-state index is 0.314. The van der Waals surface area contributed by atoms with Crippen LogP contribution < -0.4 is 5.19 Å². The summed E-state index contributed by atoms with van der Waals surface area (Å²) in [4.78, 5) is 0. The Morgan fingerprint density at radius 1 is 1.44 bits per heavy atom. The van der Waals surface area contributed by atoms with Gasteiger partial charge in [-0.15, -0.1) is 0 Å². The van der Waals surface area contributed by atoms with E-state index in [1.165, 1.54) is 0 Å². The third kappa shape index (κ3) is 1.47. The lowest BCUT2D eigenvalue weighted by atomic mass is 10.3. The summed E-state index contributed by atoms with van der Waals surface area (Å²) in [7, 11) is 0.865. The van der Waals surface area contributed by atoms with Crippen molar-refractivity contribution in [2.45, 2.75) is 0 Å². The van der Waals surface area contributed by atoms with Crippen molar-refractivity contribution in [3.63, 3.8) is 0 Å². The zero-order valence-electron chi connectivity index (χ0n) is 5.06. The minimum Gasteiger partial charge on any atom is -0.508 e. The summed E-state index contributed by atoms with van der Waals surface area (Å²) in [5, 5.41) is 10.6. The smallest absolute Gasteiger partial charge is 0.115 e. The number of rotatable bonds is 0. The van der Waals surface area contributed by atoms with E-state index in [0.29, 0.717) is 10.8 Å². The topological polar surface area (TPSA) is 20.2 Å². The van der Waals surface area contributed by atoms with Gasteiger partial charge in [-0.2, -0.15) is 0 Å². The van der Waals surface area contributed by atoms with Crippen molar-refractivity contribution in [1.82, 2.24) is 0 Å². The number of phenolic OH excluding ortho intramolecular Hbond substituents is 1. The molecule has 1 aromatic rings. The molecule has 0 fully saturated rings. The molecule has 0 aromatic heterocycles. The summed E-state index contributed by atoms with van der Waals surface area (Å²) >= 11 is 5.57. The number of aromatic hydroxyl groups is 1. The van der Waals surface area contributed by atoms with Gasteiger partial charge in [0.05, 0.1) is 0 Å². The molecule has 0 atom stereocenters. The molecule has 1 rings (SSSR count). The first-order chi connectivity index (χ1) is 4.20. The maximum atomic E-state index is 9.05. The van der Waals surface area contributed by atoms with E-state index >= 15 is 0 Å². The monoisotopic (exact) mass is 158 g/mol. The molecule has 0 saturated carbocycles. The molecule has 0 saturated heterocycles. The molecule has 9 heavy (non-hydrogen) atoms. The van der Waals surface area contributed by atoms with E-state index in [1.54, 1.807) is 12.1 Å². The van der Waals surface area contributed by atoms with Gasteiger partial charge >= 0.3 is 0 Å². The third-order valence-electron chi connectivity index (χ3n) is 1.17. The highest BCUT2D eigenvalue weighted by atomic mass is 35.5. The summed E-state index contributed by atoms with van der Waals surface area (Å²) in [5.74, 6) is 0.314. The van der Waals surface area contributed by atoms with Crippen LogP contribution in [0.1, 0.15) is 0 Å². The van der Waals surface area contributed by atoms with Crippen molar-refractivity contribution in [3.05, 3.63) is 23.2 Å². The number of hydrogen-bond donors (Lipinski definition) is 1. The molecule has 1 nitrogen and oxygen atoms in total. The third-order valence-corrected chi connectivity index (χ3v) is 2.25. The van der Waals surface area contributed by atoms with Crippen LogP contribution in [0.5, 0.6) is 5.75 Å². The number of phenols is 1. The Morgan fingerprint density at radius 3 is 2.56 bits per heavy atom. The van der Waals surface area contributed by atoms with Gasteiger partial charge in [-0.25, -0.2) is 0 Å². The van der Waals surface area contributed by atoms with Crippen LogP contribution >= 0.6 is 11.6 Å². The molecule has 1 N–H and O–H groups in total. The van der Waals surface area contributed by atoms with Gasteiger partial charge in [-0.1, -0.05) is 17.7 Å². The van der Waals surface area contributed by atoms with Gasteiger partial charge in [0.1, 0.15) is 5.75 Å². The first-order valence-electron chi connectivity index (χ1n) is 2.65. The van der Waals surface area contributed by atoms with Crippen LogP contribution in [-0.4, -0.2) is 15.3 Å². The fourth-order valence-electron chi connectivity index (χ4n) is 0.583. The number of halogens is 1. The van der Waals surface area contributed by atoms with Gasteiger partial charge in [0.2, 0.25) is 0 Å². The highest BCUT2D eigenvalue weighted by molar-refractivity contribution is 6.35. The Labute approximate surface area is 61.7 Å². The summed E-state index contributed by atoms with van der Waals surface area (Å²) in [6, 6.07) is 5.18. The Kier molecular flexibility index (Phi) is 1.78. The molecule has 0 aliphatic rings. The lowest BCUT2D eigenvalue weighted by Gasteiger charge is -1.95. The maximum Gasteiger partial charge on any atom is 0.115 e. The molecular weight excluding hydrogens is 152 g/mol. The van der Waals surface area contributed by atoms with Crippen LogP contribution in [0.3, 0.4) is 0 Å². The lowest BCUT2D eigenvalue weighted by Crippen LogP contribution is -2.00. The Hall–Kier alpha value is -0.473. The first kappa shape index (κ1) is 6.64. The van der Waals surface area contributed by atoms with E-state index in [4.69, 9.17) is 16.7 Å². The highest BCUT2D eigenvalue weighted by Crippen LogP contribution is 2.12. The van der Waals surface area contributed by atoms with Crippen LogP contribution in [0.15, 0.2) is 18.2 Å². The van der Waals surface area contributed by atoms with Gasteiger partial charge in [0.25, 0.3) is 0 Å². The summed E-state index contributed by atoms with van der Waals surface area (Å²) in [6.45, 7) is 0. The van der Waals surface area contributed by atoms with Crippen molar-refractivity contribution in [2.24, 2.45) is 0 Å². The second-order valence-electron chi connectivity index (χ2n) is 1.93. The molecule has 0 aliphatic carbocycles. The van der Waals surface area contributed by atoms with Crippen LogP contribution in [0.25, 0.3) is 0 Å². The maximum absolute atomic E-state index is 9.05. The summed E-state index contributed by atoms with van der Waals surface area (Å²) in [6.07, 6.45) is 0. The number of hydrogen-bond acceptors (Lipinski definition) is 1. The average Bonchev–Trinajstić information content (AvgIpc) is 1.80. The molecule has 0 aliphatic heterocycles.